The lowest BCUT2D eigenvalue weighted by Gasteiger charge is -2.15. The number of ketones is 1. The lowest BCUT2D eigenvalue weighted by atomic mass is 9.96. The Morgan fingerprint density at radius 3 is 2.21 bits per heavy atom. The average molecular weight is 189 g/mol. The van der Waals surface area contributed by atoms with Crippen LogP contribution in [0.2, 0.25) is 0 Å². The fourth-order valence-corrected chi connectivity index (χ4v) is 1.05. The van der Waals surface area contributed by atoms with Crippen LogP contribution in [-0.2, 0) is 0 Å². The maximum absolute atomic E-state index is 11.5. The fraction of sp³-hybridized carbons (Fsp3) is 0.273. The third kappa shape index (κ3) is 2.18. The monoisotopic (exact) mass is 189 g/mol. The van der Waals surface area contributed by atoms with Crippen LogP contribution in [-0.4, -0.2) is 16.5 Å². The Morgan fingerprint density at radius 2 is 1.86 bits per heavy atom. The average Bonchev–Trinajstić information content (AvgIpc) is 2.15. The maximum atomic E-state index is 11.5. The molecular formula is C11H11NO2. The summed E-state index contributed by atoms with van der Waals surface area (Å²) in [5, 5.41) is 18.0. The Morgan fingerprint density at radius 1 is 1.36 bits per heavy atom. The normalized spacial score (nSPS) is 10.7. The highest BCUT2D eigenvalue weighted by molar-refractivity contribution is 6.01. The minimum atomic E-state index is -1.37. The predicted octanol–water partition coefficient (Wildman–Crippen LogP) is 1.51. The standard InChI is InChI=1S/C11H11NO2/c1-11(2,14)10(13)9-5-3-8(7-12)4-6-9/h3-6,14H,1-2H3. The molecule has 3 nitrogen and oxygen atoms in total. The number of aliphatic hydroxyl groups is 1. The summed E-state index contributed by atoms with van der Waals surface area (Å²) in [6.45, 7) is 2.88. The molecule has 0 aliphatic heterocycles. The lowest BCUT2D eigenvalue weighted by molar-refractivity contribution is 0.0488. The van der Waals surface area contributed by atoms with Crippen LogP contribution < -0.4 is 0 Å². The summed E-state index contributed by atoms with van der Waals surface area (Å²) in [4.78, 5) is 11.5. The molecule has 72 valence electrons. The number of rotatable bonds is 2. The van der Waals surface area contributed by atoms with Crippen molar-refractivity contribution < 1.29 is 9.90 Å². The highest BCUT2D eigenvalue weighted by Gasteiger charge is 2.24. The molecule has 0 atom stereocenters. The lowest BCUT2D eigenvalue weighted by Crippen LogP contribution is -2.30. The van der Waals surface area contributed by atoms with E-state index in [0.717, 1.165) is 0 Å². The fourth-order valence-electron chi connectivity index (χ4n) is 1.05. The van der Waals surface area contributed by atoms with Crippen LogP contribution in [0.5, 0.6) is 0 Å². The van der Waals surface area contributed by atoms with Gasteiger partial charge in [0, 0.05) is 5.56 Å². The molecule has 0 spiro atoms. The first-order chi connectivity index (χ1) is 6.45. The second-order valence-corrected chi connectivity index (χ2v) is 3.58. The molecule has 0 fully saturated rings. The quantitative estimate of drug-likeness (QED) is 0.717. The van der Waals surface area contributed by atoms with Crippen LogP contribution in [0.15, 0.2) is 24.3 Å². The molecule has 0 radical (unpaired) electrons. The van der Waals surface area contributed by atoms with Gasteiger partial charge in [0.05, 0.1) is 11.6 Å². The minimum Gasteiger partial charge on any atom is -0.382 e. The van der Waals surface area contributed by atoms with E-state index in [4.69, 9.17) is 5.26 Å². The van der Waals surface area contributed by atoms with Gasteiger partial charge >= 0.3 is 0 Å². The van der Waals surface area contributed by atoms with E-state index in [-0.39, 0.29) is 5.78 Å². The molecular weight excluding hydrogens is 178 g/mol. The highest BCUT2D eigenvalue weighted by atomic mass is 16.3. The first kappa shape index (κ1) is 10.4. The van der Waals surface area contributed by atoms with Crippen molar-refractivity contribution in [1.82, 2.24) is 0 Å². The Hall–Kier alpha value is -1.66. The Kier molecular flexibility index (Phi) is 2.68. The van der Waals surface area contributed by atoms with Gasteiger partial charge in [-0.1, -0.05) is 0 Å². The SMILES string of the molecule is CC(C)(O)C(=O)c1ccc(C#N)cc1. The van der Waals surface area contributed by atoms with Gasteiger partial charge in [-0.15, -0.1) is 0 Å². The van der Waals surface area contributed by atoms with E-state index >= 15 is 0 Å². The molecule has 0 saturated carbocycles. The molecule has 0 aliphatic rings. The molecule has 0 aliphatic carbocycles. The molecule has 0 aromatic heterocycles. The minimum absolute atomic E-state index is 0.345. The van der Waals surface area contributed by atoms with Crippen molar-refractivity contribution in [2.75, 3.05) is 0 Å². The van der Waals surface area contributed by atoms with Crippen molar-refractivity contribution in [1.29, 1.82) is 5.26 Å². The molecule has 0 saturated heterocycles. The summed E-state index contributed by atoms with van der Waals surface area (Å²) >= 11 is 0. The number of benzene rings is 1. The van der Waals surface area contributed by atoms with E-state index in [1.54, 1.807) is 24.3 Å². The second-order valence-electron chi connectivity index (χ2n) is 3.58. The van der Waals surface area contributed by atoms with Gasteiger partial charge in [0.2, 0.25) is 0 Å². The topological polar surface area (TPSA) is 61.1 Å². The van der Waals surface area contributed by atoms with E-state index in [1.807, 2.05) is 6.07 Å². The summed E-state index contributed by atoms with van der Waals surface area (Å²) in [6.07, 6.45) is 0. The second kappa shape index (κ2) is 3.60. The summed E-state index contributed by atoms with van der Waals surface area (Å²) in [6, 6.07) is 8.15. The molecule has 14 heavy (non-hydrogen) atoms. The zero-order valence-corrected chi connectivity index (χ0v) is 8.11. The van der Waals surface area contributed by atoms with E-state index < -0.39 is 5.60 Å². The number of nitriles is 1. The van der Waals surface area contributed by atoms with Gasteiger partial charge in [-0.05, 0) is 38.1 Å². The van der Waals surface area contributed by atoms with Crippen molar-refractivity contribution >= 4 is 5.78 Å². The largest absolute Gasteiger partial charge is 0.382 e. The van der Waals surface area contributed by atoms with Crippen molar-refractivity contribution in [3.63, 3.8) is 0 Å². The smallest absolute Gasteiger partial charge is 0.193 e. The molecule has 0 amide bonds. The van der Waals surface area contributed by atoms with Crippen molar-refractivity contribution in [3.05, 3.63) is 35.4 Å². The number of carbonyl (C=O) groups is 1. The van der Waals surface area contributed by atoms with Gasteiger partial charge in [0.25, 0.3) is 0 Å². The molecule has 1 N–H and O–H groups in total. The van der Waals surface area contributed by atoms with Crippen LogP contribution in [0.1, 0.15) is 29.8 Å². The van der Waals surface area contributed by atoms with Gasteiger partial charge in [-0.2, -0.15) is 5.26 Å². The van der Waals surface area contributed by atoms with Crippen LogP contribution in [0.4, 0.5) is 0 Å². The zero-order chi connectivity index (χ0) is 10.8. The van der Waals surface area contributed by atoms with E-state index in [9.17, 15) is 9.90 Å². The molecule has 0 unspecified atom stereocenters. The predicted molar refractivity (Wildman–Crippen MR) is 51.8 cm³/mol. The van der Waals surface area contributed by atoms with E-state index in [0.29, 0.717) is 11.1 Å². The van der Waals surface area contributed by atoms with Crippen molar-refractivity contribution in [2.24, 2.45) is 0 Å². The molecule has 1 aromatic rings. The third-order valence-electron chi connectivity index (χ3n) is 1.83. The molecule has 1 aromatic carbocycles. The van der Waals surface area contributed by atoms with Crippen LogP contribution in [0.3, 0.4) is 0 Å². The highest BCUT2D eigenvalue weighted by Crippen LogP contribution is 2.13. The summed E-state index contributed by atoms with van der Waals surface area (Å²) in [5.41, 5.74) is -0.456. The third-order valence-corrected chi connectivity index (χ3v) is 1.83. The van der Waals surface area contributed by atoms with Crippen LogP contribution >= 0.6 is 0 Å². The van der Waals surface area contributed by atoms with E-state index in [2.05, 4.69) is 0 Å². The van der Waals surface area contributed by atoms with Gasteiger partial charge in [0.1, 0.15) is 5.60 Å². The molecule has 0 bridgehead atoms. The van der Waals surface area contributed by atoms with Crippen LogP contribution in [0.25, 0.3) is 0 Å². The van der Waals surface area contributed by atoms with Gasteiger partial charge in [-0.25, -0.2) is 0 Å². The van der Waals surface area contributed by atoms with Crippen molar-refractivity contribution in [3.8, 4) is 6.07 Å². The van der Waals surface area contributed by atoms with Gasteiger partial charge in [0.15, 0.2) is 5.78 Å². The number of hydrogen-bond donors (Lipinski definition) is 1. The molecule has 1 rings (SSSR count). The summed E-state index contributed by atoms with van der Waals surface area (Å²) in [7, 11) is 0. The first-order valence-corrected chi connectivity index (χ1v) is 4.22. The van der Waals surface area contributed by atoms with Crippen molar-refractivity contribution in [2.45, 2.75) is 19.4 Å². The van der Waals surface area contributed by atoms with E-state index in [1.165, 1.54) is 13.8 Å². The number of carbonyl (C=O) groups excluding carboxylic acids is 1. The van der Waals surface area contributed by atoms with Crippen LogP contribution in [0, 0.1) is 11.3 Å². The zero-order valence-electron chi connectivity index (χ0n) is 8.11. The number of Topliss-reactive ketones (excluding diaryl/α,β-unsaturated/α-hetero) is 1. The van der Waals surface area contributed by atoms with Gasteiger partial charge in [-0.3, -0.25) is 4.79 Å². The molecule has 0 heterocycles. The first-order valence-electron chi connectivity index (χ1n) is 4.22. The summed E-state index contributed by atoms with van der Waals surface area (Å²) < 4.78 is 0. The number of nitrogens with zero attached hydrogens (tertiary/aromatic N) is 1. The maximum Gasteiger partial charge on any atom is 0.193 e. The number of hydrogen-bond acceptors (Lipinski definition) is 3. The Labute approximate surface area is 82.6 Å². The summed E-state index contributed by atoms with van der Waals surface area (Å²) in [5.74, 6) is -0.345. The Balaban J connectivity index is 3.00. The van der Waals surface area contributed by atoms with Gasteiger partial charge < -0.3 is 5.11 Å². The Bertz CT molecular complexity index is 379. The molecule has 3 heteroatoms.